The molecular weight excluding hydrogens is 196 g/mol. The average molecular weight is 204 g/mol. The summed E-state index contributed by atoms with van der Waals surface area (Å²) in [7, 11) is -3.74. The molecular formula is C5H8N4O3S. The van der Waals surface area contributed by atoms with Crippen molar-refractivity contribution < 1.29 is 13.2 Å². The van der Waals surface area contributed by atoms with Crippen molar-refractivity contribution in [3.8, 4) is 0 Å². The van der Waals surface area contributed by atoms with Crippen LogP contribution in [0.3, 0.4) is 0 Å². The molecule has 0 fully saturated rings. The Balaban J connectivity index is 3.09. The molecule has 0 unspecified atom stereocenters. The van der Waals surface area contributed by atoms with Gasteiger partial charge in [-0.05, 0) is 0 Å². The molecule has 0 saturated heterocycles. The Morgan fingerprint density at radius 2 is 2.23 bits per heavy atom. The standard InChI is InChI=1S/C5H8N4O3S/c6-4(10)2-13(11,12)3-1-8-9-5(3)7/h1H,2H2,(H2,6,10)(H3,7,8,9). The van der Waals surface area contributed by atoms with Crippen LogP contribution in [0.2, 0.25) is 0 Å². The number of hydrogen-bond donors (Lipinski definition) is 3. The summed E-state index contributed by atoms with van der Waals surface area (Å²) in [6.45, 7) is 0. The molecule has 0 saturated carbocycles. The van der Waals surface area contributed by atoms with Crippen LogP contribution in [-0.4, -0.2) is 30.3 Å². The normalized spacial score (nSPS) is 11.4. The van der Waals surface area contributed by atoms with Gasteiger partial charge in [0, 0.05) is 0 Å². The van der Waals surface area contributed by atoms with Gasteiger partial charge in [-0.25, -0.2) is 8.42 Å². The predicted molar refractivity (Wildman–Crippen MR) is 44.2 cm³/mol. The van der Waals surface area contributed by atoms with Crippen molar-refractivity contribution >= 4 is 21.6 Å². The first-order valence-corrected chi connectivity index (χ1v) is 4.88. The number of aromatic amines is 1. The number of rotatable bonds is 3. The molecule has 0 aromatic carbocycles. The number of H-pyrrole nitrogens is 1. The number of amides is 1. The maximum absolute atomic E-state index is 11.3. The topological polar surface area (TPSA) is 132 Å². The number of primary amides is 1. The van der Waals surface area contributed by atoms with Crippen molar-refractivity contribution in [1.82, 2.24) is 10.2 Å². The lowest BCUT2D eigenvalue weighted by Gasteiger charge is -1.98. The Morgan fingerprint density at radius 3 is 2.62 bits per heavy atom. The molecule has 13 heavy (non-hydrogen) atoms. The number of aromatic nitrogens is 2. The van der Waals surface area contributed by atoms with Crippen LogP contribution in [0.1, 0.15) is 0 Å². The minimum Gasteiger partial charge on any atom is -0.383 e. The highest BCUT2D eigenvalue weighted by atomic mass is 32.2. The molecule has 0 aliphatic heterocycles. The van der Waals surface area contributed by atoms with Gasteiger partial charge in [0.15, 0.2) is 9.84 Å². The quantitative estimate of drug-likeness (QED) is 0.537. The Morgan fingerprint density at radius 1 is 1.62 bits per heavy atom. The fraction of sp³-hybridized carbons (Fsp3) is 0.200. The third-order valence-corrected chi connectivity index (χ3v) is 2.96. The summed E-state index contributed by atoms with van der Waals surface area (Å²) >= 11 is 0. The summed E-state index contributed by atoms with van der Waals surface area (Å²) in [6, 6.07) is 0. The van der Waals surface area contributed by atoms with E-state index in [1.54, 1.807) is 0 Å². The summed E-state index contributed by atoms with van der Waals surface area (Å²) in [6.07, 6.45) is 1.04. The van der Waals surface area contributed by atoms with Crippen molar-refractivity contribution in [2.75, 3.05) is 11.5 Å². The van der Waals surface area contributed by atoms with Gasteiger partial charge < -0.3 is 11.5 Å². The minimum atomic E-state index is -3.74. The van der Waals surface area contributed by atoms with E-state index < -0.39 is 21.5 Å². The summed E-state index contributed by atoms with van der Waals surface area (Å²) < 4.78 is 22.6. The number of anilines is 1. The maximum atomic E-state index is 11.3. The Kier molecular flexibility index (Phi) is 2.24. The van der Waals surface area contributed by atoms with Gasteiger partial charge in [-0.15, -0.1) is 0 Å². The molecule has 8 heteroatoms. The first kappa shape index (κ1) is 9.52. The Hall–Kier alpha value is -1.57. The van der Waals surface area contributed by atoms with Gasteiger partial charge in [0.05, 0.1) is 6.20 Å². The third-order valence-electron chi connectivity index (χ3n) is 1.30. The lowest BCUT2D eigenvalue weighted by atomic mass is 10.7. The highest BCUT2D eigenvalue weighted by Gasteiger charge is 2.21. The molecule has 0 aliphatic rings. The number of carbonyl (C=O) groups is 1. The number of nitrogens with zero attached hydrogens (tertiary/aromatic N) is 1. The summed E-state index contributed by atoms with van der Waals surface area (Å²) in [5, 5.41) is 5.66. The molecule has 0 aliphatic carbocycles. The smallest absolute Gasteiger partial charge is 0.233 e. The van der Waals surface area contributed by atoms with E-state index in [0.717, 1.165) is 6.20 Å². The fourth-order valence-electron chi connectivity index (χ4n) is 0.798. The highest BCUT2D eigenvalue weighted by Crippen LogP contribution is 2.15. The zero-order chi connectivity index (χ0) is 10.1. The largest absolute Gasteiger partial charge is 0.383 e. The Bertz CT molecular complexity index is 421. The molecule has 72 valence electrons. The van der Waals surface area contributed by atoms with Crippen LogP contribution in [0.5, 0.6) is 0 Å². The van der Waals surface area contributed by atoms with E-state index in [0.29, 0.717) is 0 Å². The first-order chi connectivity index (χ1) is 5.93. The summed E-state index contributed by atoms with van der Waals surface area (Å²) in [5.41, 5.74) is 10.00. The SMILES string of the molecule is NC(=O)CS(=O)(=O)c1cn[nH]c1N. The van der Waals surface area contributed by atoms with Gasteiger partial charge in [-0.2, -0.15) is 5.10 Å². The second kappa shape index (κ2) is 3.05. The van der Waals surface area contributed by atoms with Crippen LogP contribution in [0, 0.1) is 0 Å². The molecule has 1 rings (SSSR count). The van der Waals surface area contributed by atoms with E-state index in [1.807, 2.05) is 0 Å². The molecule has 1 amide bonds. The van der Waals surface area contributed by atoms with Crippen LogP contribution in [0.4, 0.5) is 5.82 Å². The molecule has 5 N–H and O–H groups in total. The van der Waals surface area contributed by atoms with Crippen molar-refractivity contribution in [2.24, 2.45) is 5.73 Å². The van der Waals surface area contributed by atoms with Crippen molar-refractivity contribution in [3.05, 3.63) is 6.20 Å². The van der Waals surface area contributed by atoms with E-state index in [9.17, 15) is 13.2 Å². The number of nitrogen functional groups attached to an aromatic ring is 1. The van der Waals surface area contributed by atoms with Crippen LogP contribution in [0.15, 0.2) is 11.1 Å². The van der Waals surface area contributed by atoms with E-state index in [4.69, 9.17) is 11.5 Å². The number of carbonyl (C=O) groups excluding carboxylic acids is 1. The molecule has 1 aromatic heterocycles. The monoisotopic (exact) mass is 204 g/mol. The molecule has 7 nitrogen and oxygen atoms in total. The predicted octanol–water partition coefficient (Wildman–Crippen LogP) is -1.75. The number of sulfone groups is 1. The maximum Gasteiger partial charge on any atom is 0.233 e. The second-order valence-electron chi connectivity index (χ2n) is 2.37. The minimum absolute atomic E-state index is 0.0961. The molecule has 0 radical (unpaired) electrons. The average Bonchev–Trinajstić information content (AvgIpc) is 2.32. The van der Waals surface area contributed by atoms with Gasteiger partial charge in [-0.3, -0.25) is 9.89 Å². The van der Waals surface area contributed by atoms with Crippen molar-refractivity contribution in [1.29, 1.82) is 0 Å². The van der Waals surface area contributed by atoms with Crippen LogP contribution < -0.4 is 11.5 Å². The second-order valence-corrected chi connectivity index (χ2v) is 4.33. The van der Waals surface area contributed by atoms with Crippen molar-refractivity contribution in [3.63, 3.8) is 0 Å². The molecule has 1 heterocycles. The number of hydrogen-bond acceptors (Lipinski definition) is 5. The summed E-state index contributed by atoms with van der Waals surface area (Å²) in [5.74, 6) is -1.79. The lowest BCUT2D eigenvalue weighted by molar-refractivity contribution is -0.115. The highest BCUT2D eigenvalue weighted by molar-refractivity contribution is 7.92. The van der Waals surface area contributed by atoms with Crippen LogP contribution >= 0.6 is 0 Å². The van der Waals surface area contributed by atoms with E-state index in [-0.39, 0.29) is 10.7 Å². The van der Waals surface area contributed by atoms with E-state index in [1.165, 1.54) is 0 Å². The van der Waals surface area contributed by atoms with Crippen LogP contribution in [0.25, 0.3) is 0 Å². The van der Waals surface area contributed by atoms with Gasteiger partial charge in [0.25, 0.3) is 0 Å². The van der Waals surface area contributed by atoms with Crippen molar-refractivity contribution in [2.45, 2.75) is 4.90 Å². The van der Waals surface area contributed by atoms with E-state index in [2.05, 4.69) is 10.2 Å². The van der Waals surface area contributed by atoms with Gasteiger partial charge in [-0.1, -0.05) is 0 Å². The van der Waals surface area contributed by atoms with E-state index >= 15 is 0 Å². The lowest BCUT2D eigenvalue weighted by Crippen LogP contribution is -2.23. The molecule has 1 aromatic rings. The van der Waals surface area contributed by atoms with Gasteiger partial charge in [0.1, 0.15) is 16.5 Å². The number of nitrogens with one attached hydrogen (secondary N) is 1. The zero-order valence-corrected chi connectivity index (χ0v) is 7.34. The molecule has 0 atom stereocenters. The third kappa shape index (κ3) is 1.96. The fourth-order valence-corrected chi connectivity index (χ4v) is 1.92. The molecule has 0 bridgehead atoms. The Labute approximate surface area is 74.0 Å². The van der Waals surface area contributed by atoms with Crippen LogP contribution in [-0.2, 0) is 14.6 Å². The van der Waals surface area contributed by atoms with Gasteiger partial charge >= 0.3 is 0 Å². The zero-order valence-electron chi connectivity index (χ0n) is 6.52. The van der Waals surface area contributed by atoms with Gasteiger partial charge in [0.2, 0.25) is 5.91 Å². The first-order valence-electron chi connectivity index (χ1n) is 3.23. The number of nitrogens with two attached hydrogens (primary N) is 2. The summed E-state index contributed by atoms with van der Waals surface area (Å²) in [4.78, 5) is 10.2. The molecule has 0 spiro atoms.